The van der Waals surface area contributed by atoms with E-state index in [4.69, 9.17) is 0 Å². The third-order valence-corrected chi connectivity index (χ3v) is 6.41. The summed E-state index contributed by atoms with van der Waals surface area (Å²) >= 11 is 0. The average Bonchev–Trinajstić information content (AvgIpc) is 2.75. The van der Waals surface area contributed by atoms with Crippen LogP contribution in [0.5, 0.6) is 0 Å². The number of carbonyl (C=O) groups is 2. The van der Waals surface area contributed by atoms with Crippen molar-refractivity contribution in [1.82, 2.24) is 10.2 Å². The first kappa shape index (κ1) is 19.2. The topological polar surface area (TPSA) is 55.9 Å². The molecule has 3 aliphatic rings. The lowest BCUT2D eigenvalue weighted by atomic mass is 9.96. The second-order valence-electron chi connectivity index (χ2n) is 8.32. The molecule has 4 rings (SSSR count). The van der Waals surface area contributed by atoms with Gasteiger partial charge in [-0.3, -0.25) is 9.59 Å². The van der Waals surface area contributed by atoms with E-state index in [1.54, 1.807) is 4.90 Å². The molecule has 2 amide bonds. The van der Waals surface area contributed by atoms with Crippen LogP contribution in [0.2, 0.25) is 0 Å². The van der Waals surface area contributed by atoms with Gasteiger partial charge in [0.2, 0.25) is 5.91 Å². The first-order valence-electron chi connectivity index (χ1n) is 10.8. The van der Waals surface area contributed by atoms with Crippen LogP contribution in [0, 0.1) is 0 Å². The Balaban J connectivity index is 1.38. The van der Waals surface area contributed by atoms with E-state index in [2.05, 4.69) is 15.1 Å². The molecule has 1 aromatic carbocycles. The van der Waals surface area contributed by atoms with E-state index in [0.29, 0.717) is 12.1 Å². The number of nitrogens with one attached hydrogen (secondary N) is 1. The summed E-state index contributed by atoms with van der Waals surface area (Å²) in [4.78, 5) is 31.8. The van der Waals surface area contributed by atoms with Crippen molar-refractivity contribution >= 4 is 23.2 Å². The third kappa shape index (κ3) is 3.88. The van der Waals surface area contributed by atoms with Gasteiger partial charge in [-0.2, -0.15) is 0 Å². The Bertz CT molecular complexity index is 729. The monoisotopic (exact) mass is 384 g/mol. The van der Waals surface area contributed by atoms with Crippen molar-refractivity contribution in [2.45, 2.75) is 51.0 Å². The van der Waals surface area contributed by atoms with Crippen molar-refractivity contribution in [2.75, 3.05) is 49.6 Å². The lowest BCUT2D eigenvalue weighted by Crippen LogP contribution is -2.54. The van der Waals surface area contributed by atoms with Crippen LogP contribution in [0.4, 0.5) is 11.4 Å². The van der Waals surface area contributed by atoms with E-state index in [-0.39, 0.29) is 17.9 Å². The molecule has 2 fully saturated rings. The fraction of sp³-hybridized carbons (Fsp3) is 0.636. The van der Waals surface area contributed by atoms with Gasteiger partial charge in [-0.05, 0) is 76.4 Å². The Hall–Kier alpha value is -2.08. The summed E-state index contributed by atoms with van der Waals surface area (Å²) in [6, 6.07) is 5.74. The second-order valence-corrected chi connectivity index (χ2v) is 8.32. The number of likely N-dealkylation sites (tertiary alicyclic amines) is 1. The third-order valence-electron chi connectivity index (χ3n) is 6.41. The maximum Gasteiger partial charge on any atom is 0.251 e. The van der Waals surface area contributed by atoms with Crippen LogP contribution >= 0.6 is 0 Å². The van der Waals surface area contributed by atoms with Crippen molar-refractivity contribution in [2.24, 2.45) is 0 Å². The average molecular weight is 385 g/mol. The van der Waals surface area contributed by atoms with E-state index < -0.39 is 0 Å². The molecule has 1 atom stereocenters. The summed E-state index contributed by atoms with van der Waals surface area (Å²) in [5.41, 5.74) is 2.56. The van der Waals surface area contributed by atoms with Crippen molar-refractivity contribution in [1.29, 1.82) is 0 Å². The zero-order chi connectivity index (χ0) is 19.5. The lowest BCUT2D eigenvalue weighted by molar-refractivity contribution is -0.120. The van der Waals surface area contributed by atoms with E-state index in [9.17, 15) is 9.59 Å². The number of piperidine rings is 2. The molecule has 6 nitrogen and oxygen atoms in total. The highest BCUT2D eigenvalue weighted by molar-refractivity contribution is 6.07. The van der Waals surface area contributed by atoms with Crippen LogP contribution in [-0.4, -0.2) is 62.5 Å². The maximum atomic E-state index is 12.7. The van der Waals surface area contributed by atoms with E-state index in [0.717, 1.165) is 50.1 Å². The molecule has 0 unspecified atom stereocenters. The Morgan fingerprint density at radius 3 is 2.68 bits per heavy atom. The standard InChI is InChI=1S/C22H32N4O2/c1-24-20-16-17(21(27)23-11-7-14-25-12-4-2-5-13-25)9-10-18(20)26-15-6-3-8-19(26)22(24)28/h9-10,16,19H,2-8,11-15H2,1H3,(H,23,27)/t19-/m1/s1. The highest BCUT2D eigenvalue weighted by atomic mass is 16.2. The molecule has 0 bridgehead atoms. The molecule has 2 saturated heterocycles. The van der Waals surface area contributed by atoms with Crippen LogP contribution in [0.25, 0.3) is 0 Å². The van der Waals surface area contributed by atoms with Gasteiger partial charge >= 0.3 is 0 Å². The second kappa shape index (κ2) is 8.52. The molecule has 0 saturated carbocycles. The predicted octanol–water partition coefficient (Wildman–Crippen LogP) is 2.63. The van der Waals surface area contributed by atoms with E-state index in [1.165, 1.54) is 32.4 Å². The molecule has 0 radical (unpaired) electrons. The highest BCUT2D eigenvalue weighted by Gasteiger charge is 2.37. The Labute approximate surface area is 167 Å². The largest absolute Gasteiger partial charge is 0.358 e. The molecule has 1 N–H and O–H groups in total. The molecular weight excluding hydrogens is 352 g/mol. The minimum atomic E-state index is -0.0527. The number of hydrogen-bond donors (Lipinski definition) is 1. The van der Waals surface area contributed by atoms with Gasteiger partial charge in [0.15, 0.2) is 0 Å². The fourth-order valence-electron chi connectivity index (χ4n) is 4.78. The Morgan fingerprint density at radius 1 is 1.07 bits per heavy atom. The van der Waals surface area contributed by atoms with Gasteiger partial charge in [0.1, 0.15) is 6.04 Å². The Kier molecular flexibility index (Phi) is 5.85. The number of likely N-dealkylation sites (N-methyl/N-ethyl adjacent to an activating group) is 1. The normalized spacial score (nSPS) is 22.6. The maximum absolute atomic E-state index is 12.7. The van der Waals surface area contributed by atoms with Gasteiger partial charge in [-0.15, -0.1) is 0 Å². The molecule has 1 aromatic rings. The van der Waals surface area contributed by atoms with Gasteiger partial charge in [0.25, 0.3) is 5.91 Å². The fourth-order valence-corrected chi connectivity index (χ4v) is 4.78. The summed E-state index contributed by atoms with van der Waals surface area (Å²) in [6.07, 6.45) is 8.06. The zero-order valence-corrected chi connectivity index (χ0v) is 17.0. The SMILES string of the molecule is CN1C(=O)[C@H]2CCCCN2c2ccc(C(=O)NCCCN3CCCCC3)cc21. The highest BCUT2D eigenvalue weighted by Crippen LogP contribution is 2.39. The van der Waals surface area contributed by atoms with Gasteiger partial charge in [0.05, 0.1) is 11.4 Å². The number of fused-ring (bicyclic) bond motifs is 3. The molecule has 0 aliphatic carbocycles. The number of rotatable bonds is 5. The molecule has 0 aromatic heterocycles. The summed E-state index contributed by atoms with van der Waals surface area (Å²) in [5, 5.41) is 3.05. The summed E-state index contributed by atoms with van der Waals surface area (Å²) in [7, 11) is 1.83. The van der Waals surface area contributed by atoms with Gasteiger partial charge in [-0.1, -0.05) is 6.42 Å². The van der Waals surface area contributed by atoms with Crippen LogP contribution in [0.1, 0.15) is 55.3 Å². The number of amides is 2. The van der Waals surface area contributed by atoms with Gasteiger partial charge < -0.3 is 20.0 Å². The molecule has 0 spiro atoms. The lowest BCUT2D eigenvalue weighted by Gasteiger charge is -2.44. The number of carbonyl (C=O) groups excluding carboxylic acids is 2. The molecule has 152 valence electrons. The molecular formula is C22H32N4O2. The number of nitrogens with zero attached hydrogens (tertiary/aromatic N) is 3. The van der Waals surface area contributed by atoms with Crippen molar-refractivity contribution in [3.8, 4) is 0 Å². The molecule has 6 heteroatoms. The summed E-state index contributed by atoms with van der Waals surface area (Å²) < 4.78 is 0. The Morgan fingerprint density at radius 2 is 1.86 bits per heavy atom. The van der Waals surface area contributed by atoms with Crippen LogP contribution in [-0.2, 0) is 4.79 Å². The minimum Gasteiger partial charge on any atom is -0.358 e. The first-order chi connectivity index (χ1) is 13.6. The molecule has 3 aliphatic heterocycles. The number of anilines is 2. The zero-order valence-electron chi connectivity index (χ0n) is 17.0. The van der Waals surface area contributed by atoms with Crippen LogP contribution in [0.15, 0.2) is 18.2 Å². The first-order valence-corrected chi connectivity index (χ1v) is 10.8. The predicted molar refractivity (Wildman–Crippen MR) is 112 cm³/mol. The van der Waals surface area contributed by atoms with Crippen molar-refractivity contribution < 1.29 is 9.59 Å². The minimum absolute atomic E-state index is 0.0410. The quantitative estimate of drug-likeness (QED) is 0.793. The van der Waals surface area contributed by atoms with E-state index >= 15 is 0 Å². The summed E-state index contributed by atoms with van der Waals surface area (Å²) in [6.45, 7) is 5.04. The van der Waals surface area contributed by atoms with Crippen LogP contribution < -0.4 is 15.1 Å². The van der Waals surface area contributed by atoms with Gasteiger partial charge in [0, 0.05) is 25.7 Å². The number of benzene rings is 1. The number of hydrogen-bond acceptors (Lipinski definition) is 4. The van der Waals surface area contributed by atoms with Crippen LogP contribution in [0.3, 0.4) is 0 Å². The van der Waals surface area contributed by atoms with E-state index in [1.807, 2.05) is 25.2 Å². The smallest absolute Gasteiger partial charge is 0.251 e. The summed E-state index contributed by atoms with van der Waals surface area (Å²) in [5.74, 6) is 0.0920. The van der Waals surface area contributed by atoms with Crippen molar-refractivity contribution in [3.05, 3.63) is 23.8 Å². The molecule has 28 heavy (non-hydrogen) atoms. The van der Waals surface area contributed by atoms with Crippen molar-refractivity contribution in [3.63, 3.8) is 0 Å². The molecule has 3 heterocycles. The van der Waals surface area contributed by atoms with Gasteiger partial charge in [-0.25, -0.2) is 0 Å².